The first-order chi connectivity index (χ1) is 16.8. The van der Waals surface area contributed by atoms with Crippen molar-refractivity contribution in [3.05, 3.63) is 89.4 Å². The predicted octanol–water partition coefficient (Wildman–Crippen LogP) is 8.11. The molecule has 0 unspecified atom stereocenters. The van der Waals surface area contributed by atoms with E-state index in [1.54, 1.807) is 24.5 Å². The summed E-state index contributed by atoms with van der Waals surface area (Å²) in [4.78, 5) is 12.8. The van der Waals surface area contributed by atoms with Crippen molar-refractivity contribution in [1.29, 1.82) is 0 Å². The number of anilines is 1. The van der Waals surface area contributed by atoms with Gasteiger partial charge in [0.05, 0.1) is 12.9 Å². The molecule has 180 valence electrons. The van der Waals surface area contributed by atoms with Crippen LogP contribution < -0.4 is 10.1 Å². The van der Waals surface area contributed by atoms with E-state index in [-0.39, 0.29) is 11.7 Å². The molecule has 0 bridgehead atoms. The molecule has 0 atom stereocenters. The summed E-state index contributed by atoms with van der Waals surface area (Å²) in [5.41, 5.74) is 6.81. The highest BCUT2D eigenvalue weighted by Gasteiger charge is 2.19. The highest BCUT2D eigenvalue weighted by molar-refractivity contribution is 6.06. The first-order valence-electron chi connectivity index (χ1n) is 11.8. The number of carbonyl (C=O) groups excluding carboxylic acids is 1. The van der Waals surface area contributed by atoms with Crippen LogP contribution in [-0.2, 0) is 4.79 Å². The minimum atomic E-state index is -0.291. The fourth-order valence-electron chi connectivity index (χ4n) is 4.20. The van der Waals surface area contributed by atoms with Gasteiger partial charge in [-0.15, -0.1) is 0 Å². The minimum absolute atomic E-state index is 0.217. The molecule has 0 aliphatic rings. The average Bonchev–Trinajstić information content (AvgIpc) is 3.26. The topological polar surface area (TPSA) is 51.5 Å². The molecular formula is C30H30FNO3. The molecule has 0 saturated carbocycles. The summed E-state index contributed by atoms with van der Waals surface area (Å²) in [5.74, 6) is 0.606. The van der Waals surface area contributed by atoms with E-state index in [0.29, 0.717) is 23.9 Å². The molecule has 0 aliphatic heterocycles. The molecule has 5 heteroatoms. The van der Waals surface area contributed by atoms with Crippen molar-refractivity contribution in [2.45, 2.75) is 40.5 Å². The maximum Gasteiger partial charge on any atom is 0.248 e. The average molecular weight is 472 g/mol. The van der Waals surface area contributed by atoms with Crippen LogP contribution >= 0.6 is 0 Å². The highest BCUT2D eigenvalue weighted by atomic mass is 19.1. The lowest BCUT2D eigenvalue weighted by molar-refractivity contribution is -0.111. The fourth-order valence-corrected chi connectivity index (χ4v) is 4.20. The fraction of sp³-hybridized carbons (Fsp3) is 0.233. The highest BCUT2D eigenvalue weighted by Crippen LogP contribution is 2.40. The Morgan fingerprint density at radius 2 is 1.80 bits per heavy atom. The molecule has 0 fully saturated rings. The van der Waals surface area contributed by atoms with Crippen LogP contribution in [0.25, 0.3) is 27.7 Å². The van der Waals surface area contributed by atoms with Crippen molar-refractivity contribution in [2.24, 2.45) is 0 Å². The van der Waals surface area contributed by atoms with Gasteiger partial charge < -0.3 is 14.5 Å². The molecule has 1 amide bonds. The Labute approximate surface area is 205 Å². The number of hydrogen-bond donors (Lipinski definition) is 1. The summed E-state index contributed by atoms with van der Waals surface area (Å²) < 4.78 is 25.3. The molecule has 35 heavy (non-hydrogen) atoms. The molecule has 4 rings (SSSR count). The van der Waals surface area contributed by atoms with E-state index in [1.165, 1.54) is 17.7 Å². The summed E-state index contributed by atoms with van der Waals surface area (Å²) >= 11 is 0. The van der Waals surface area contributed by atoms with E-state index in [2.05, 4.69) is 19.2 Å². The molecule has 3 aromatic carbocycles. The molecule has 0 spiro atoms. The van der Waals surface area contributed by atoms with Gasteiger partial charge in [0.1, 0.15) is 17.1 Å². The second kappa shape index (κ2) is 10.2. The number of benzene rings is 3. The number of fused-ring (bicyclic) bond motifs is 1. The molecule has 4 aromatic rings. The van der Waals surface area contributed by atoms with Crippen LogP contribution in [0.15, 0.2) is 71.4 Å². The lowest BCUT2D eigenvalue weighted by Gasteiger charge is -2.15. The second-order valence-corrected chi connectivity index (χ2v) is 8.94. The largest absolute Gasteiger partial charge is 0.493 e. The van der Waals surface area contributed by atoms with Gasteiger partial charge >= 0.3 is 0 Å². The standard InChI is InChI=1S/C30H30FNO3/c1-6-34-29-20(5)30-26(27(17-35-30)22-7-11-23(31)12-8-22)16-25(29)19(4)15-28(33)32-24-13-9-21(10-14-24)18(2)3/h7-18H,6H2,1-5H3,(H,32,33)/b19-15+. The van der Waals surface area contributed by atoms with Crippen LogP contribution in [0.5, 0.6) is 5.75 Å². The van der Waals surface area contributed by atoms with Crippen LogP contribution in [0.3, 0.4) is 0 Å². The third kappa shape index (κ3) is 5.14. The van der Waals surface area contributed by atoms with Crippen molar-refractivity contribution in [2.75, 3.05) is 11.9 Å². The number of rotatable bonds is 7. The molecule has 0 radical (unpaired) electrons. The molecule has 1 heterocycles. The van der Waals surface area contributed by atoms with Gasteiger partial charge in [0, 0.05) is 33.8 Å². The first kappa shape index (κ1) is 24.3. The van der Waals surface area contributed by atoms with E-state index in [1.807, 2.05) is 51.1 Å². The monoisotopic (exact) mass is 471 g/mol. The van der Waals surface area contributed by atoms with E-state index >= 15 is 0 Å². The molecule has 1 aromatic heterocycles. The zero-order valence-corrected chi connectivity index (χ0v) is 20.7. The van der Waals surface area contributed by atoms with Gasteiger partial charge in [-0.2, -0.15) is 0 Å². The maximum atomic E-state index is 13.5. The van der Waals surface area contributed by atoms with Gasteiger partial charge in [0.15, 0.2) is 0 Å². The quantitative estimate of drug-likeness (QED) is 0.277. The smallest absolute Gasteiger partial charge is 0.248 e. The Bertz CT molecular complexity index is 1380. The van der Waals surface area contributed by atoms with Crippen molar-refractivity contribution in [3.8, 4) is 16.9 Å². The van der Waals surface area contributed by atoms with Crippen LogP contribution in [-0.4, -0.2) is 12.5 Å². The Hall–Kier alpha value is -3.86. The Morgan fingerprint density at radius 3 is 2.43 bits per heavy atom. The summed E-state index contributed by atoms with van der Waals surface area (Å²) in [6.07, 6.45) is 3.26. The van der Waals surface area contributed by atoms with Crippen LogP contribution in [0, 0.1) is 12.7 Å². The van der Waals surface area contributed by atoms with Gasteiger partial charge in [0.25, 0.3) is 0 Å². The summed E-state index contributed by atoms with van der Waals surface area (Å²) in [6.45, 7) is 10.5. The van der Waals surface area contributed by atoms with E-state index in [4.69, 9.17) is 9.15 Å². The number of carbonyl (C=O) groups is 1. The third-order valence-corrected chi connectivity index (χ3v) is 6.11. The van der Waals surface area contributed by atoms with Crippen molar-refractivity contribution >= 4 is 28.1 Å². The van der Waals surface area contributed by atoms with Crippen LogP contribution in [0.2, 0.25) is 0 Å². The number of amides is 1. The van der Waals surface area contributed by atoms with Gasteiger partial charge in [-0.25, -0.2) is 4.39 Å². The van der Waals surface area contributed by atoms with Gasteiger partial charge in [-0.05, 0) is 73.7 Å². The molecular weight excluding hydrogens is 441 g/mol. The Kier molecular flexibility index (Phi) is 7.06. The number of nitrogens with one attached hydrogen (secondary N) is 1. The number of allylic oxidation sites excluding steroid dienone is 1. The van der Waals surface area contributed by atoms with Gasteiger partial charge in [-0.3, -0.25) is 4.79 Å². The summed E-state index contributed by atoms with van der Waals surface area (Å²) in [7, 11) is 0. The van der Waals surface area contributed by atoms with E-state index < -0.39 is 0 Å². The summed E-state index contributed by atoms with van der Waals surface area (Å²) in [6, 6.07) is 16.2. The van der Waals surface area contributed by atoms with Crippen molar-refractivity contribution in [3.63, 3.8) is 0 Å². The van der Waals surface area contributed by atoms with Gasteiger partial charge in [-0.1, -0.05) is 38.1 Å². The maximum absolute atomic E-state index is 13.5. The van der Waals surface area contributed by atoms with E-state index in [0.717, 1.165) is 38.9 Å². The third-order valence-electron chi connectivity index (χ3n) is 6.11. The second-order valence-electron chi connectivity index (χ2n) is 8.94. The lowest BCUT2D eigenvalue weighted by atomic mass is 9.96. The van der Waals surface area contributed by atoms with Crippen LogP contribution in [0.1, 0.15) is 50.3 Å². The number of ether oxygens (including phenoxy) is 1. The molecule has 1 N–H and O–H groups in total. The van der Waals surface area contributed by atoms with E-state index in [9.17, 15) is 9.18 Å². The number of hydrogen-bond acceptors (Lipinski definition) is 3. The zero-order chi connectivity index (χ0) is 25.1. The molecule has 0 aliphatic carbocycles. The van der Waals surface area contributed by atoms with Crippen LogP contribution in [0.4, 0.5) is 10.1 Å². The number of halogens is 1. The Balaban J connectivity index is 1.72. The van der Waals surface area contributed by atoms with Gasteiger partial charge in [0.2, 0.25) is 5.91 Å². The normalized spacial score (nSPS) is 11.8. The minimum Gasteiger partial charge on any atom is -0.493 e. The summed E-state index contributed by atoms with van der Waals surface area (Å²) in [5, 5.41) is 3.82. The van der Waals surface area contributed by atoms with Crippen molar-refractivity contribution in [1.82, 2.24) is 0 Å². The number of furan rings is 1. The zero-order valence-electron chi connectivity index (χ0n) is 20.7. The molecule has 0 saturated heterocycles. The SMILES string of the molecule is CCOc1c(/C(C)=C/C(=O)Nc2ccc(C(C)C)cc2)cc2c(-c3ccc(F)cc3)coc2c1C. The predicted molar refractivity (Wildman–Crippen MR) is 140 cm³/mol. The van der Waals surface area contributed by atoms with Crippen molar-refractivity contribution < 1.29 is 18.3 Å². The first-order valence-corrected chi connectivity index (χ1v) is 11.8. The lowest BCUT2D eigenvalue weighted by Crippen LogP contribution is -2.09. The Morgan fingerprint density at radius 1 is 1.11 bits per heavy atom. The molecule has 4 nitrogen and oxygen atoms in total. The number of aryl methyl sites for hydroxylation is 1.